The van der Waals surface area contributed by atoms with Gasteiger partial charge in [0.15, 0.2) is 0 Å². The van der Waals surface area contributed by atoms with E-state index in [0.717, 1.165) is 50.6 Å². The molecule has 35 heavy (non-hydrogen) atoms. The van der Waals surface area contributed by atoms with Gasteiger partial charge in [0, 0.05) is 24.9 Å². The van der Waals surface area contributed by atoms with Gasteiger partial charge in [-0.2, -0.15) is 0 Å². The second-order valence-electron chi connectivity index (χ2n) is 9.06. The Balaban J connectivity index is 0.00000111. The van der Waals surface area contributed by atoms with Crippen LogP contribution in [0.4, 0.5) is 0 Å². The van der Waals surface area contributed by atoms with Gasteiger partial charge in [0.2, 0.25) is 0 Å². The first-order chi connectivity index (χ1) is 16.9. The molecule has 198 valence electrons. The van der Waals surface area contributed by atoms with E-state index in [1.165, 1.54) is 31.4 Å². The number of carbonyl (C=O) groups excluding carboxylic acids is 1. The Morgan fingerprint density at radius 3 is 2.71 bits per heavy atom. The third-order valence-electron chi connectivity index (χ3n) is 5.81. The number of phenols is 1. The number of benzene rings is 1. The first-order valence-corrected chi connectivity index (χ1v) is 13.7. The van der Waals surface area contributed by atoms with Crippen molar-refractivity contribution in [2.75, 3.05) is 19.8 Å². The second-order valence-corrected chi connectivity index (χ2v) is 9.79. The Labute approximate surface area is 219 Å². The van der Waals surface area contributed by atoms with Gasteiger partial charge >= 0.3 is 5.97 Å². The first kappa shape index (κ1) is 31.1. The molecule has 1 saturated heterocycles. The number of piperidine rings is 1. The van der Waals surface area contributed by atoms with Crippen LogP contribution < -0.4 is 0 Å². The van der Waals surface area contributed by atoms with Crippen molar-refractivity contribution in [3.05, 3.63) is 54.3 Å². The van der Waals surface area contributed by atoms with Gasteiger partial charge < -0.3 is 19.5 Å². The van der Waals surface area contributed by atoms with Crippen molar-refractivity contribution in [1.82, 2.24) is 4.90 Å². The van der Waals surface area contributed by atoms with Crippen LogP contribution in [0.15, 0.2) is 48.7 Å². The molecule has 0 aliphatic carbocycles. The largest absolute Gasteiger partial charge is 0.508 e. The quantitative estimate of drug-likeness (QED) is 0.0932. The number of hydrogen-bond donors (Lipinski definition) is 2. The maximum absolute atomic E-state index is 11.4. The zero-order valence-corrected chi connectivity index (χ0v) is 23.0. The number of thiol groups is 1. The van der Waals surface area contributed by atoms with Gasteiger partial charge in [0.05, 0.1) is 0 Å². The topological polar surface area (TPSA) is 59.0 Å². The molecule has 6 heteroatoms. The molecule has 1 N–H and O–H groups in total. The second kappa shape index (κ2) is 19.3. The standard InChI is InChI=1S/C24H35NO4S.C5H12/c1-19-9-7-13-22(12-4-3-10-21-11-8-14-23(26)17-21)25(19)15-5-6-16-28-18-24(27)29-20(2)30;1-3-5-4-2/h4,8,11-12,14,17,20,22,26,30H,1,3,5-7,9-10,13,15-16,18H2,2H3;3-5H2,1-2H3/b12-4+;. The summed E-state index contributed by atoms with van der Waals surface area (Å²) in [5, 5.41) is 9.57. The summed E-state index contributed by atoms with van der Waals surface area (Å²) < 4.78 is 10.3. The van der Waals surface area contributed by atoms with Crippen LogP contribution in [0.1, 0.15) is 84.1 Å². The average molecular weight is 506 g/mol. The van der Waals surface area contributed by atoms with Gasteiger partial charge in [-0.15, -0.1) is 12.6 Å². The fourth-order valence-electron chi connectivity index (χ4n) is 4.01. The van der Waals surface area contributed by atoms with Crippen LogP contribution in [-0.4, -0.2) is 47.2 Å². The number of phenolic OH excluding ortho intramolecular Hbond substituents is 1. The summed E-state index contributed by atoms with van der Waals surface area (Å²) in [4.78, 5) is 13.8. The number of aromatic hydroxyl groups is 1. The van der Waals surface area contributed by atoms with Gasteiger partial charge in [-0.25, -0.2) is 4.79 Å². The normalized spacial score (nSPS) is 16.6. The predicted molar refractivity (Wildman–Crippen MR) is 149 cm³/mol. The highest BCUT2D eigenvalue weighted by atomic mass is 32.1. The number of nitrogens with zero attached hydrogens (tertiary/aromatic N) is 1. The molecule has 1 heterocycles. The van der Waals surface area contributed by atoms with E-state index in [9.17, 15) is 9.90 Å². The van der Waals surface area contributed by atoms with Crippen LogP contribution in [0.25, 0.3) is 0 Å². The third kappa shape index (κ3) is 14.9. The van der Waals surface area contributed by atoms with E-state index in [1.54, 1.807) is 13.0 Å². The zero-order chi connectivity index (χ0) is 25.9. The van der Waals surface area contributed by atoms with Crippen molar-refractivity contribution in [1.29, 1.82) is 0 Å². The van der Waals surface area contributed by atoms with E-state index in [0.29, 0.717) is 18.4 Å². The van der Waals surface area contributed by atoms with Crippen molar-refractivity contribution < 1.29 is 19.4 Å². The Morgan fingerprint density at radius 2 is 2.06 bits per heavy atom. The molecular formula is C29H47NO4S. The number of aryl methyl sites for hydroxylation is 1. The highest BCUT2D eigenvalue weighted by Crippen LogP contribution is 2.26. The zero-order valence-electron chi connectivity index (χ0n) is 22.1. The van der Waals surface area contributed by atoms with E-state index >= 15 is 0 Å². The van der Waals surface area contributed by atoms with E-state index < -0.39 is 5.44 Å². The SMILES string of the molecule is C=C1CCCC(/C=C/CCc2cccc(O)c2)N1CCCCOCC(=O)OC(C)S.CCCCC. The number of ether oxygens (including phenoxy) is 2. The molecule has 1 aromatic rings. The number of rotatable bonds is 14. The summed E-state index contributed by atoms with van der Waals surface area (Å²) in [7, 11) is 0. The molecule has 2 atom stereocenters. The monoisotopic (exact) mass is 505 g/mol. The third-order valence-corrected chi connectivity index (χ3v) is 5.91. The molecule has 0 saturated carbocycles. The number of esters is 1. The molecule has 1 aliphatic rings. The highest BCUT2D eigenvalue weighted by molar-refractivity contribution is 7.80. The van der Waals surface area contributed by atoms with Crippen LogP contribution in [0.3, 0.4) is 0 Å². The van der Waals surface area contributed by atoms with Crippen molar-refractivity contribution in [3.8, 4) is 5.75 Å². The predicted octanol–water partition coefficient (Wildman–Crippen LogP) is 7.06. The summed E-state index contributed by atoms with van der Waals surface area (Å²) in [6.07, 6.45) is 15.8. The lowest BCUT2D eigenvalue weighted by molar-refractivity contribution is -0.149. The molecule has 2 unspecified atom stereocenters. The first-order valence-electron chi connectivity index (χ1n) is 13.2. The van der Waals surface area contributed by atoms with Gasteiger partial charge in [0.1, 0.15) is 17.8 Å². The summed E-state index contributed by atoms with van der Waals surface area (Å²) in [5.74, 6) is -0.0544. The van der Waals surface area contributed by atoms with E-state index in [4.69, 9.17) is 9.47 Å². The minimum absolute atomic E-state index is 0.0220. The molecular weight excluding hydrogens is 458 g/mol. The molecule has 0 aromatic heterocycles. The van der Waals surface area contributed by atoms with Crippen LogP contribution >= 0.6 is 12.6 Å². The number of unbranched alkanes of at least 4 members (excludes halogenated alkanes) is 3. The summed E-state index contributed by atoms with van der Waals surface area (Å²) in [6.45, 7) is 11.9. The minimum atomic E-state index is -0.406. The maximum Gasteiger partial charge on any atom is 0.333 e. The van der Waals surface area contributed by atoms with Crippen LogP contribution in [-0.2, 0) is 20.7 Å². The Kier molecular flexibility index (Phi) is 17.1. The van der Waals surface area contributed by atoms with Crippen LogP contribution in [0.5, 0.6) is 5.75 Å². The fourth-order valence-corrected chi connectivity index (χ4v) is 4.13. The molecule has 2 rings (SSSR count). The number of carbonyl (C=O) groups is 1. The minimum Gasteiger partial charge on any atom is -0.508 e. The Hall–Kier alpha value is -1.92. The summed E-state index contributed by atoms with van der Waals surface area (Å²) in [6, 6.07) is 7.84. The molecule has 1 aliphatic heterocycles. The van der Waals surface area contributed by atoms with Crippen LogP contribution in [0, 0.1) is 0 Å². The molecule has 0 bridgehead atoms. The van der Waals surface area contributed by atoms with Crippen molar-refractivity contribution >= 4 is 18.6 Å². The lowest BCUT2D eigenvalue weighted by Gasteiger charge is -2.37. The van der Waals surface area contributed by atoms with Crippen molar-refractivity contribution in [2.24, 2.45) is 0 Å². The van der Waals surface area contributed by atoms with E-state index in [-0.39, 0.29) is 12.6 Å². The molecule has 5 nitrogen and oxygen atoms in total. The highest BCUT2D eigenvalue weighted by Gasteiger charge is 2.21. The number of hydrogen-bond acceptors (Lipinski definition) is 6. The lowest BCUT2D eigenvalue weighted by atomic mass is 9.98. The molecule has 1 aromatic carbocycles. The van der Waals surface area contributed by atoms with E-state index in [2.05, 4.69) is 50.1 Å². The summed E-state index contributed by atoms with van der Waals surface area (Å²) in [5.41, 5.74) is 1.95. The lowest BCUT2D eigenvalue weighted by Crippen LogP contribution is -2.37. The summed E-state index contributed by atoms with van der Waals surface area (Å²) >= 11 is 4.02. The van der Waals surface area contributed by atoms with Gasteiger partial charge in [-0.05, 0) is 69.6 Å². The van der Waals surface area contributed by atoms with Crippen LogP contribution in [0.2, 0.25) is 0 Å². The number of likely N-dealkylation sites (tertiary alicyclic amines) is 1. The molecule has 0 amide bonds. The molecule has 1 fully saturated rings. The van der Waals surface area contributed by atoms with Crippen molar-refractivity contribution in [2.45, 2.75) is 96.5 Å². The van der Waals surface area contributed by atoms with Gasteiger partial charge in [0.25, 0.3) is 0 Å². The smallest absolute Gasteiger partial charge is 0.333 e. The number of allylic oxidation sites excluding steroid dienone is 2. The Bertz CT molecular complexity index is 748. The fraction of sp³-hybridized carbons (Fsp3) is 0.621. The van der Waals surface area contributed by atoms with Crippen molar-refractivity contribution in [3.63, 3.8) is 0 Å². The average Bonchev–Trinajstić information content (AvgIpc) is 2.81. The molecule has 0 spiro atoms. The van der Waals surface area contributed by atoms with E-state index in [1.807, 2.05) is 18.2 Å². The van der Waals surface area contributed by atoms with Gasteiger partial charge in [-0.3, -0.25) is 0 Å². The molecule has 0 radical (unpaired) electrons. The van der Waals surface area contributed by atoms with Gasteiger partial charge in [-0.1, -0.05) is 64.0 Å². The maximum atomic E-state index is 11.4. The Morgan fingerprint density at radius 1 is 1.29 bits per heavy atom.